The Kier molecular flexibility index (Phi) is 5.99. The molecule has 4 rings (SSSR count). The Morgan fingerprint density at radius 1 is 1.00 bits per heavy atom. The van der Waals surface area contributed by atoms with Gasteiger partial charge in [0.25, 0.3) is 0 Å². The highest BCUT2D eigenvalue weighted by Crippen LogP contribution is 2.38. The summed E-state index contributed by atoms with van der Waals surface area (Å²) in [6.07, 6.45) is 3.94. The van der Waals surface area contributed by atoms with Crippen LogP contribution in [0, 0.1) is 18.8 Å². The van der Waals surface area contributed by atoms with Crippen molar-refractivity contribution < 1.29 is 14.4 Å². The van der Waals surface area contributed by atoms with Gasteiger partial charge in [0.15, 0.2) is 0 Å². The van der Waals surface area contributed by atoms with E-state index in [0.29, 0.717) is 13.1 Å². The normalized spacial score (nSPS) is 25.4. The molecule has 0 N–H and O–H groups in total. The minimum atomic E-state index is -0.128. The number of nitrogens with zero attached hydrogens (tertiary/aromatic N) is 3. The fourth-order valence-electron chi connectivity index (χ4n) is 5.04. The van der Waals surface area contributed by atoms with Gasteiger partial charge in [-0.1, -0.05) is 42.7 Å². The summed E-state index contributed by atoms with van der Waals surface area (Å²) >= 11 is 0. The molecule has 6 nitrogen and oxygen atoms in total. The first-order valence-electron chi connectivity index (χ1n) is 10.9. The lowest BCUT2D eigenvalue weighted by molar-refractivity contribution is -0.141. The summed E-state index contributed by atoms with van der Waals surface area (Å²) in [6.45, 7) is 6.37. The second-order valence-corrected chi connectivity index (χ2v) is 8.72. The van der Waals surface area contributed by atoms with E-state index in [2.05, 4.69) is 36.1 Å². The number of carbonyl (C=O) groups excluding carboxylic acids is 3. The Bertz CT molecular complexity index is 761. The van der Waals surface area contributed by atoms with Crippen molar-refractivity contribution in [2.24, 2.45) is 11.8 Å². The number of hydrogen-bond acceptors (Lipinski definition) is 4. The van der Waals surface area contributed by atoms with Crippen molar-refractivity contribution in [3.05, 3.63) is 35.4 Å². The fraction of sp³-hybridized carbons (Fsp3) is 0.609. The summed E-state index contributed by atoms with van der Waals surface area (Å²) in [5.74, 6) is -0.297. The third kappa shape index (κ3) is 4.37. The standard InChI is InChI=1S/C23H31N3O3/c1-17-5-4-6-18(15-17)16-24-11-13-25(14-12-24)21(27)9-10-26-22(28)19-7-2-3-8-20(19)23(26)29/h4-6,15,19-20H,2-3,7-14,16H2,1H3. The van der Waals surface area contributed by atoms with E-state index in [4.69, 9.17) is 0 Å². The molecule has 0 radical (unpaired) electrons. The van der Waals surface area contributed by atoms with Gasteiger partial charge in [0, 0.05) is 45.7 Å². The molecule has 3 aliphatic rings. The third-order valence-corrected chi connectivity index (χ3v) is 6.70. The van der Waals surface area contributed by atoms with E-state index in [1.165, 1.54) is 16.0 Å². The maximum absolute atomic E-state index is 12.7. The van der Waals surface area contributed by atoms with Gasteiger partial charge < -0.3 is 4.90 Å². The molecule has 1 aliphatic carbocycles. The van der Waals surface area contributed by atoms with Crippen LogP contribution in [0.25, 0.3) is 0 Å². The maximum atomic E-state index is 12.7. The van der Waals surface area contributed by atoms with Gasteiger partial charge in [-0.15, -0.1) is 0 Å². The number of imide groups is 1. The van der Waals surface area contributed by atoms with Crippen LogP contribution in [0.15, 0.2) is 24.3 Å². The van der Waals surface area contributed by atoms with E-state index in [1.54, 1.807) is 0 Å². The highest BCUT2D eigenvalue weighted by atomic mass is 16.2. The van der Waals surface area contributed by atoms with Crippen LogP contribution >= 0.6 is 0 Å². The topological polar surface area (TPSA) is 60.9 Å². The van der Waals surface area contributed by atoms with Crippen LogP contribution in [0.5, 0.6) is 0 Å². The second-order valence-electron chi connectivity index (χ2n) is 8.72. The van der Waals surface area contributed by atoms with Crippen molar-refractivity contribution in [1.29, 1.82) is 0 Å². The average Bonchev–Trinajstić information content (AvgIpc) is 2.97. The molecular weight excluding hydrogens is 366 g/mol. The predicted molar refractivity (Wildman–Crippen MR) is 110 cm³/mol. The number of fused-ring (bicyclic) bond motifs is 1. The van der Waals surface area contributed by atoms with Gasteiger partial charge in [0.1, 0.15) is 0 Å². The molecule has 1 saturated carbocycles. The lowest BCUT2D eigenvalue weighted by atomic mass is 9.81. The minimum absolute atomic E-state index is 0.0459. The van der Waals surface area contributed by atoms with Gasteiger partial charge in [-0.2, -0.15) is 0 Å². The Balaban J connectivity index is 1.24. The molecule has 2 unspecified atom stereocenters. The number of piperazine rings is 1. The van der Waals surface area contributed by atoms with Crippen LogP contribution in [0.4, 0.5) is 0 Å². The molecule has 2 heterocycles. The van der Waals surface area contributed by atoms with E-state index in [9.17, 15) is 14.4 Å². The van der Waals surface area contributed by atoms with E-state index < -0.39 is 0 Å². The zero-order valence-corrected chi connectivity index (χ0v) is 17.3. The Labute approximate surface area is 172 Å². The van der Waals surface area contributed by atoms with Gasteiger partial charge in [0.05, 0.1) is 11.8 Å². The van der Waals surface area contributed by atoms with Gasteiger partial charge in [-0.3, -0.25) is 24.2 Å². The van der Waals surface area contributed by atoms with Crippen LogP contribution in [-0.4, -0.2) is 65.1 Å². The molecule has 156 valence electrons. The lowest BCUT2D eigenvalue weighted by Gasteiger charge is -2.35. The number of carbonyl (C=O) groups is 3. The molecule has 2 atom stereocenters. The number of rotatable bonds is 5. The predicted octanol–water partition coefficient (Wildman–Crippen LogP) is 2.20. The second kappa shape index (κ2) is 8.66. The molecule has 1 aromatic rings. The van der Waals surface area contributed by atoms with Gasteiger partial charge in [-0.05, 0) is 25.3 Å². The molecule has 3 fully saturated rings. The van der Waals surface area contributed by atoms with Crippen molar-refractivity contribution in [2.75, 3.05) is 32.7 Å². The highest BCUT2D eigenvalue weighted by Gasteiger charge is 2.47. The molecule has 1 aromatic carbocycles. The number of likely N-dealkylation sites (tertiary alicyclic amines) is 1. The number of hydrogen-bond donors (Lipinski definition) is 0. The van der Waals surface area contributed by atoms with Crippen LogP contribution in [-0.2, 0) is 20.9 Å². The molecular formula is C23H31N3O3. The van der Waals surface area contributed by atoms with Crippen LogP contribution in [0.2, 0.25) is 0 Å². The van der Waals surface area contributed by atoms with Gasteiger partial charge in [-0.25, -0.2) is 0 Å². The molecule has 0 aromatic heterocycles. The summed E-state index contributed by atoms with van der Waals surface area (Å²) in [6, 6.07) is 8.54. The van der Waals surface area contributed by atoms with Crippen LogP contribution in [0.3, 0.4) is 0 Å². The molecule has 0 spiro atoms. The highest BCUT2D eigenvalue weighted by molar-refractivity contribution is 6.05. The number of benzene rings is 1. The van der Waals surface area contributed by atoms with Crippen molar-refractivity contribution >= 4 is 17.7 Å². The van der Waals surface area contributed by atoms with E-state index in [0.717, 1.165) is 45.3 Å². The smallest absolute Gasteiger partial charge is 0.233 e. The molecule has 6 heteroatoms. The number of aryl methyl sites for hydroxylation is 1. The zero-order chi connectivity index (χ0) is 20.4. The summed E-state index contributed by atoms with van der Waals surface area (Å²) in [5.41, 5.74) is 2.57. The molecule has 29 heavy (non-hydrogen) atoms. The lowest BCUT2D eigenvalue weighted by Crippen LogP contribution is -2.49. The first kappa shape index (κ1) is 20.1. The average molecular weight is 398 g/mol. The van der Waals surface area contributed by atoms with Crippen LogP contribution in [0.1, 0.15) is 43.2 Å². The Hall–Kier alpha value is -2.21. The Morgan fingerprint density at radius 3 is 2.28 bits per heavy atom. The van der Waals surface area contributed by atoms with E-state index >= 15 is 0 Å². The van der Waals surface area contributed by atoms with Crippen LogP contribution < -0.4 is 0 Å². The first-order valence-corrected chi connectivity index (χ1v) is 10.9. The molecule has 2 aliphatic heterocycles. The SMILES string of the molecule is Cc1cccc(CN2CCN(C(=O)CCN3C(=O)C4CCCCC4C3=O)CC2)c1. The molecule has 2 saturated heterocycles. The zero-order valence-electron chi connectivity index (χ0n) is 17.3. The first-order chi connectivity index (χ1) is 14.0. The van der Waals surface area contributed by atoms with Crippen molar-refractivity contribution in [3.63, 3.8) is 0 Å². The van der Waals surface area contributed by atoms with Crippen molar-refractivity contribution in [3.8, 4) is 0 Å². The fourth-order valence-corrected chi connectivity index (χ4v) is 5.04. The number of amides is 3. The molecule has 0 bridgehead atoms. The van der Waals surface area contributed by atoms with Gasteiger partial charge >= 0.3 is 0 Å². The Morgan fingerprint density at radius 2 is 1.66 bits per heavy atom. The summed E-state index contributed by atoms with van der Waals surface area (Å²) in [7, 11) is 0. The minimum Gasteiger partial charge on any atom is -0.340 e. The maximum Gasteiger partial charge on any atom is 0.233 e. The van der Waals surface area contributed by atoms with Crippen molar-refractivity contribution in [2.45, 2.75) is 45.6 Å². The third-order valence-electron chi connectivity index (χ3n) is 6.70. The summed E-state index contributed by atoms with van der Waals surface area (Å²) in [5, 5.41) is 0. The largest absolute Gasteiger partial charge is 0.340 e. The van der Waals surface area contributed by atoms with Crippen molar-refractivity contribution in [1.82, 2.24) is 14.7 Å². The summed E-state index contributed by atoms with van der Waals surface area (Å²) < 4.78 is 0. The van der Waals surface area contributed by atoms with E-state index in [1.807, 2.05) is 4.90 Å². The monoisotopic (exact) mass is 397 g/mol. The quantitative estimate of drug-likeness (QED) is 0.715. The summed E-state index contributed by atoms with van der Waals surface area (Å²) in [4.78, 5) is 43.4. The van der Waals surface area contributed by atoms with E-state index in [-0.39, 0.29) is 42.5 Å². The molecule has 3 amide bonds. The van der Waals surface area contributed by atoms with Gasteiger partial charge in [0.2, 0.25) is 17.7 Å².